The fourth-order valence-electron chi connectivity index (χ4n) is 5.62. The van der Waals surface area contributed by atoms with Crippen LogP contribution >= 0.6 is 0 Å². The summed E-state index contributed by atoms with van der Waals surface area (Å²) in [6.07, 6.45) is 5.87. The van der Waals surface area contributed by atoms with E-state index in [4.69, 9.17) is 18.9 Å². The second-order valence-electron chi connectivity index (χ2n) is 11.6. The van der Waals surface area contributed by atoms with Gasteiger partial charge < -0.3 is 13.8 Å². The standard InChI is InChI=1S/C29H37N5O3/c1-19-4-6-21(7-5-19)25-30-24(20(2)36-25)18-33-14-10-23(11-15-33)27(35)34-16-12-29(3,13-17-34)28-31-26(37-32-28)22-8-9-22/h4-7,22-23H,8-18H2,1-3H3. The molecule has 0 bridgehead atoms. The number of piperidine rings is 2. The first-order valence-electron chi connectivity index (χ1n) is 13.8. The molecule has 196 valence electrons. The summed E-state index contributed by atoms with van der Waals surface area (Å²) >= 11 is 0. The third-order valence-corrected chi connectivity index (χ3v) is 8.59. The number of hydrogen-bond donors (Lipinski definition) is 0. The number of benzene rings is 1. The van der Waals surface area contributed by atoms with Crippen LogP contribution in [0.3, 0.4) is 0 Å². The van der Waals surface area contributed by atoms with Gasteiger partial charge >= 0.3 is 0 Å². The van der Waals surface area contributed by atoms with Gasteiger partial charge in [0.15, 0.2) is 5.82 Å². The Labute approximate surface area is 218 Å². The number of carbonyl (C=O) groups excluding carboxylic acids is 1. The van der Waals surface area contributed by atoms with Crippen molar-refractivity contribution < 1.29 is 13.7 Å². The van der Waals surface area contributed by atoms with Crippen molar-refractivity contribution in [3.05, 3.63) is 53.0 Å². The Morgan fingerprint density at radius 2 is 1.70 bits per heavy atom. The minimum Gasteiger partial charge on any atom is -0.441 e. The predicted octanol–water partition coefficient (Wildman–Crippen LogP) is 5.01. The minimum absolute atomic E-state index is 0.105. The van der Waals surface area contributed by atoms with E-state index in [9.17, 15) is 4.79 Å². The Hall–Kier alpha value is -3.00. The lowest BCUT2D eigenvalue weighted by Gasteiger charge is -2.40. The highest BCUT2D eigenvalue weighted by atomic mass is 16.5. The summed E-state index contributed by atoms with van der Waals surface area (Å²) in [5.74, 6) is 4.06. The zero-order valence-electron chi connectivity index (χ0n) is 22.2. The topological polar surface area (TPSA) is 88.5 Å². The van der Waals surface area contributed by atoms with Gasteiger partial charge in [0.25, 0.3) is 0 Å². The van der Waals surface area contributed by atoms with E-state index in [1.165, 1.54) is 5.56 Å². The monoisotopic (exact) mass is 503 g/mol. The van der Waals surface area contributed by atoms with E-state index in [2.05, 4.69) is 53.1 Å². The van der Waals surface area contributed by atoms with E-state index < -0.39 is 0 Å². The molecule has 0 spiro atoms. The van der Waals surface area contributed by atoms with Gasteiger partial charge in [0, 0.05) is 42.4 Å². The van der Waals surface area contributed by atoms with Crippen molar-refractivity contribution in [1.29, 1.82) is 0 Å². The molecule has 0 unspecified atom stereocenters. The average molecular weight is 504 g/mol. The van der Waals surface area contributed by atoms with Crippen LogP contribution in [0, 0.1) is 19.8 Å². The largest absolute Gasteiger partial charge is 0.441 e. The van der Waals surface area contributed by atoms with Gasteiger partial charge in [0.05, 0.1) is 5.69 Å². The first-order valence-corrected chi connectivity index (χ1v) is 13.8. The summed E-state index contributed by atoms with van der Waals surface area (Å²) in [6, 6.07) is 8.27. The van der Waals surface area contributed by atoms with Gasteiger partial charge in [-0.2, -0.15) is 4.98 Å². The summed E-state index contributed by atoms with van der Waals surface area (Å²) < 4.78 is 11.5. The van der Waals surface area contributed by atoms with Gasteiger partial charge in [-0.15, -0.1) is 0 Å². The van der Waals surface area contributed by atoms with Gasteiger partial charge in [-0.3, -0.25) is 9.69 Å². The van der Waals surface area contributed by atoms with Crippen molar-refractivity contribution >= 4 is 5.91 Å². The van der Waals surface area contributed by atoms with Gasteiger partial charge in [-0.25, -0.2) is 4.98 Å². The van der Waals surface area contributed by atoms with Gasteiger partial charge in [-0.1, -0.05) is 29.8 Å². The third kappa shape index (κ3) is 5.08. The van der Waals surface area contributed by atoms with Crippen LogP contribution in [0.15, 0.2) is 33.2 Å². The fourth-order valence-corrected chi connectivity index (χ4v) is 5.62. The molecule has 0 radical (unpaired) electrons. The van der Waals surface area contributed by atoms with Crippen molar-refractivity contribution in [3.8, 4) is 11.5 Å². The van der Waals surface area contributed by atoms with Crippen molar-refractivity contribution in [2.45, 2.75) is 77.2 Å². The van der Waals surface area contributed by atoms with Gasteiger partial charge in [0.1, 0.15) is 5.76 Å². The lowest BCUT2D eigenvalue weighted by atomic mass is 9.79. The highest BCUT2D eigenvalue weighted by Crippen LogP contribution is 2.41. The first-order chi connectivity index (χ1) is 17.9. The van der Waals surface area contributed by atoms with Crippen molar-refractivity contribution in [2.75, 3.05) is 26.2 Å². The molecule has 6 rings (SSSR count). The summed E-state index contributed by atoms with van der Waals surface area (Å²) in [4.78, 5) is 27.3. The number of hydrogen-bond acceptors (Lipinski definition) is 7. The predicted molar refractivity (Wildman–Crippen MR) is 139 cm³/mol. The Balaban J connectivity index is 1.000. The minimum atomic E-state index is -0.107. The molecule has 0 atom stereocenters. The maximum Gasteiger partial charge on any atom is 0.229 e. The van der Waals surface area contributed by atoms with Crippen molar-refractivity contribution in [3.63, 3.8) is 0 Å². The summed E-state index contributed by atoms with van der Waals surface area (Å²) in [7, 11) is 0. The van der Waals surface area contributed by atoms with Crippen LogP contribution in [-0.4, -0.2) is 57.0 Å². The van der Waals surface area contributed by atoms with E-state index in [0.29, 0.717) is 17.7 Å². The molecule has 3 fully saturated rings. The third-order valence-electron chi connectivity index (χ3n) is 8.59. The van der Waals surface area contributed by atoms with E-state index in [1.807, 2.05) is 6.92 Å². The molecule has 8 heteroatoms. The molecule has 1 saturated carbocycles. The zero-order valence-corrected chi connectivity index (χ0v) is 22.2. The van der Waals surface area contributed by atoms with Gasteiger partial charge in [-0.05, 0) is 77.6 Å². The lowest BCUT2D eigenvalue weighted by molar-refractivity contribution is -0.138. The van der Waals surface area contributed by atoms with Crippen LogP contribution in [0.2, 0.25) is 0 Å². The van der Waals surface area contributed by atoms with Crippen LogP contribution in [-0.2, 0) is 16.8 Å². The maximum absolute atomic E-state index is 13.3. The molecule has 3 aromatic rings. The summed E-state index contributed by atoms with van der Waals surface area (Å²) in [5.41, 5.74) is 3.10. The number of aromatic nitrogens is 3. The number of aryl methyl sites for hydroxylation is 2. The lowest BCUT2D eigenvalue weighted by Crippen LogP contribution is -2.48. The van der Waals surface area contributed by atoms with Crippen LogP contribution in [0.5, 0.6) is 0 Å². The molecule has 3 aliphatic rings. The molecule has 2 saturated heterocycles. The summed E-state index contributed by atoms with van der Waals surface area (Å²) in [6.45, 7) is 10.4. The average Bonchev–Trinajstić information content (AvgIpc) is 3.52. The van der Waals surface area contributed by atoms with E-state index in [1.54, 1.807) is 0 Å². The molecule has 1 amide bonds. The van der Waals surface area contributed by atoms with E-state index in [-0.39, 0.29) is 11.3 Å². The van der Waals surface area contributed by atoms with Crippen LogP contribution < -0.4 is 0 Å². The van der Waals surface area contributed by atoms with Crippen molar-refractivity contribution in [1.82, 2.24) is 24.9 Å². The normalized spacial score (nSPS) is 20.9. The molecule has 2 aliphatic heterocycles. The highest BCUT2D eigenvalue weighted by Gasteiger charge is 2.40. The number of nitrogens with zero attached hydrogens (tertiary/aromatic N) is 5. The van der Waals surface area contributed by atoms with Crippen LogP contribution in [0.1, 0.15) is 80.1 Å². The van der Waals surface area contributed by atoms with E-state index >= 15 is 0 Å². The number of carbonyl (C=O) groups is 1. The maximum atomic E-state index is 13.3. The quantitative estimate of drug-likeness (QED) is 0.467. The molecule has 1 aliphatic carbocycles. The molecular formula is C29H37N5O3. The molecule has 2 aromatic heterocycles. The van der Waals surface area contributed by atoms with Crippen LogP contribution in [0.25, 0.3) is 11.5 Å². The van der Waals surface area contributed by atoms with Gasteiger partial charge in [0.2, 0.25) is 17.7 Å². The Morgan fingerprint density at radius 3 is 2.38 bits per heavy atom. The molecule has 8 nitrogen and oxygen atoms in total. The number of rotatable bonds is 6. The Bertz CT molecular complexity index is 1240. The zero-order chi connectivity index (χ0) is 25.6. The second kappa shape index (κ2) is 9.71. The van der Waals surface area contributed by atoms with E-state index in [0.717, 1.165) is 100.0 Å². The first kappa shape index (κ1) is 24.3. The van der Waals surface area contributed by atoms with Crippen LogP contribution in [0.4, 0.5) is 0 Å². The smallest absolute Gasteiger partial charge is 0.229 e. The molecule has 4 heterocycles. The number of oxazole rings is 1. The molecule has 37 heavy (non-hydrogen) atoms. The fraction of sp³-hybridized carbons (Fsp3) is 0.586. The summed E-state index contributed by atoms with van der Waals surface area (Å²) in [5, 5.41) is 4.30. The molecular weight excluding hydrogens is 466 g/mol. The number of likely N-dealkylation sites (tertiary alicyclic amines) is 2. The molecule has 0 N–H and O–H groups in total. The highest BCUT2D eigenvalue weighted by molar-refractivity contribution is 5.79. The number of amides is 1. The second-order valence-corrected chi connectivity index (χ2v) is 11.6. The Morgan fingerprint density at radius 1 is 1.00 bits per heavy atom. The SMILES string of the molecule is Cc1ccc(-c2nc(CN3CCC(C(=O)N4CCC(C)(c5noc(C6CC6)n5)CC4)CC3)c(C)o2)cc1. The Kier molecular flexibility index (Phi) is 6.39. The van der Waals surface area contributed by atoms with Crippen molar-refractivity contribution in [2.24, 2.45) is 5.92 Å². The molecule has 1 aromatic carbocycles.